The second kappa shape index (κ2) is 6.00. The lowest BCUT2D eigenvalue weighted by atomic mass is 10.2. The SMILES string of the molecule is CC(C)CN(CC(N)=O)c1cccc(C(=O)O)n1. The van der Waals surface area contributed by atoms with Crippen LogP contribution in [0.2, 0.25) is 0 Å². The number of carboxylic acids is 1. The Labute approximate surface area is 105 Å². The third-order valence-corrected chi connectivity index (χ3v) is 2.21. The van der Waals surface area contributed by atoms with Crippen LogP contribution in [0.1, 0.15) is 24.3 Å². The van der Waals surface area contributed by atoms with Gasteiger partial charge in [0, 0.05) is 6.54 Å². The summed E-state index contributed by atoms with van der Waals surface area (Å²) >= 11 is 0. The fourth-order valence-electron chi connectivity index (χ4n) is 1.59. The van der Waals surface area contributed by atoms with Gasteiger partial charge in [-0.2, -0.15) is 0 Å². The van der Waals surface area contributed by atoms with E-state index >= 15 is 0 Å². The highest BCUT2D eigenvalue weighted by molar-refractivity contribution is 5.86. The molecule has 0 saturated heterocycles. The van der Waals surface area contributed by atoms with Crippen molar-refractivity contribution in [2.75, 3.05) is 18.0 Å². The van der Waals surface area contributed by atoms with Crippen molar-refractivity contribution in [2.45, 2.75) is 13.8 Å². The van der Waals surface area contributed by atoms with Crippen molar-refractivity contribution < 1.29 is 14.7 Å². The number of rotatable bonds is 6. The molecule has 0 aliphatic heterocycles. The standard InChI is InChI=1S/C12H17N3O3/c1-8(2)6-15(7-10(13)16)11-5-3-4-9(14-11)12(17)18/h3-5,8H,6-7H2,1-2H3,(H2,13,16)(H,17,18). The van der Waals surface area contributed by atoms with Gasteiger partial charge >= 0.3 is 5.97 Å². The maximum atomic E-state index is 11.0. The lowest BCUT2D eigenvalue weighted by Gasteiger charge is -2.24. The zero-order chi connectivity index (χ0) is 13.7. The summed E-state index contributed by atoms with van der Waals surface area (Å²) in [5.41, 5.74) is 5.13. The second-order valence-electron chi connectivity index (χ2n) is 4.43. The molecule has 18 heavy (non-hydrogen) atoms. The van der Waals surface area contributed by atoms with E-state index in [0.29, 0.717) is 18.3 Å². The smallest absolute Gasteiger partial charge is 0.354 e. The maximum absolute atomic E-state index is 11.0. The molecule has 3 N–H and O–H groups in total. The predicted octanol–water partition coefficient (Wildman–Crippen LogP) is 0.727. The molecule has 1 amide bonds. The van der Waals surface area contributed by atoms with E-state index in [0.717, 1.165) is 0 Å². The Hall–Kier alpha value is -2.11. The zero-order valence-electron chi connectivity index (χ0n) is 10.5. The van der Waals surface area contributed by atoms with Gasteiger partial charge < -0.3 is 15.7 Å². The molecule has 0 fully saturated rings. The highest BCUT2D eigenvalue weighted by Gasteiger charge is 2.14. The number of carbonyl (C=O) groups is 2. The van der Waals surface area contributed by atoms with Crippen molar-refractivity contribution in [3.63, 3.8) is 0 Å². The molecule has 1 aromatic heterocycles. The summed E-state index contributed by atoms with van der Waals surface area (Å²) in [7, 11) is 0. The van der Waals surface area contributed by atoms with Gasteiger partial charge in [-0.05, 0) is 18.1 Å². The van der Waals surface area contributed by atoms with Gasteiger partial charge in [0.1, 0.15) is 5.82 Å². The summed E-state index contributed by atoms with van der Waals surface area (Å²) in [5.74, 6) is -0.819. The number of carbonyl (C=O) groups excluding carboxylic acids is 1. The number of hydrogen-bond acceptors (Lipinski definition) is 4. The van der Waals surface area contributed by atoms with Gasteiger partial charge in [0.2, 0.25) is 5.91 Å². The summed E-state index contributed by atoms with van der Waals surface area (Å²) in [5, 5.41) is 8.88. The molecule has 0 aliphatic rings. The topological polar surface area (TPSA) is 96.5 Å². The average molecular weight is 251 g/mol. The fraction of sp³-hybridized carbons (Fsp3) is 0.417. The number of nitrogens with zero attached hydrogens (tertiary/aromatic N) is 2. The molecule has 0 aromatic carbocycles. The molecule has 1 aromatic rings. The number of anilines is 1. The minimum Gasteiger partial charge on any atom is -0.477 e. The number of nitrogens with two attached hydrogens (primary N) is 1. The molecule has 0 radical (unpaired) electrons. The average Bonchev–Trinajstić information content (AvgIpc) is 2.27. The highest BCUT2D eigenvalue weighted by Crippen LogP contribution is 2.13. The number of pyridine rings is 1. The van der Waals surface area contributed by atoms with Crippen LogP contribution in [0.25, 0.3) is 0 Å². The zero-order valence-corrected chi connectivity index (χ0v) is 10.5. The van der Waals surface area contributed by atoms with E-state index in [2.05, 4.69) is 4.98 Å². The number of carboxylic acid groups (broad SMARTS) is 1. The van der Waals surface area contributed by atoms with Crippen molar-refractivity contribution >= 4 is 17.7 Å². The third-order valence-electron chi connectivity index (χ3n) is 2.21. The molecule has 1 heterocycles. The van der Waals surface area contributed by atoms with E-state index in [9.17, 15) is 9.59 Å². The molecule has 0 unspecified atom stereocenters. The van der Waals surface area contributed by atoms with Gasteiger partial charge in [0.15, 0.2) is 5.69 Å². The van der Waals surface area contributed by atoms with Gasteiger partial charge in [-0.3, -0.25) is 4.79 Å². The van der Waals surface area contributed by atoms with Crippen molar-refractivity contribution in [2.24, 2.45) is 11.7 Å². The summed E-state index contributed by atoms with van der Waals surface area (Å²) in [6.45, 7) is 4.59. The van der Waals surface area contributed by atoms with Crippen LogP contribution in [0.4, 0.5) is 5.82 Å². The molecule has 0 spiro atoms. The van der Waals surface area contributed by atoms with E-state index in [1.165, 1.54) is 6.07 Å². The second-order valence-corrected chi connectivity index (χ2v) is 4.43. The molecular formula is C12H17N3O3. The van der Waals surface area contributed by atoms with Gasteiger partial charge in [0.05, 0.1) is 6.54 Å². The molecule has 6 nitrogen and oxygen atoms in total. The monoisotopic (exact) mass is 251 g/mol. The van der Waals surface area contributed by atoms with E-state index in [4.69, 9.17) is 10.8 Å². The summed E-state index contributed by atoms with van der Waals surface area (Å²) < 4.78 is 0. The van der Waals surface area contributed by atoms with Crippen molar-refractivity contribution in [3.8, 4) is 0 Å². The Balaban J connectivity index is 3.00. The molecule has 0 bridgehead atoms. The molecule has 0 aliphatic carbocycles. The normalized spacial score (nSPS) is 10.4. The van der Waals surface area contributed by atoms with Crippen LogP contribution in [0, 0.1) is 5.92 Å². The molecule has 0 saturated carbocycles. The van der Waals surface area contributed by atoms with Gasteiger partial charge in [-0.15, -0.1) is 0 Å². The van der Waals surface area contributed by atoms with Gasteiger partial charge in [-0.25, -0.2) is 9.78 Å². The van der Waals surface area contributed by atoms with Crippen LogP contribution < -0.4 is 10.6 Å². The summed E-state index contributed by atoms with van der Waals surface area (Å²) in [4.78, 5) is 27.5. The van der Waals surface area contributed by atoms with E-state index < -0.39 is 11.9 Å². The number of amides is 1. The first-order valence-electron chi connectivity index (χ1n) is 5.63. The molecular weight excluding hydrogens is 234 g/mol. The van der Waals surface area contributed by atoms with Crippen molar-refractivity contribution in [3.05, 3.63) is 23.9 Å². The van der Waals surface area contributed by atoms with E-state index in [-0.39, 0.29) is 12.2 Å². The summed E-state index contributed by atoms with van der Waals surface area (Å²) in [6.07, 6.45) is 0. The predicted molar refractivity (Wildman–Crippen MR) is 67.4 cm³/mol. The van der Waals surface area contributed by atoms with Gasteiger partial charge in [0.25, 0.3) is 0 Å². The van der Waals surface area contributed by atoms with Crippen molar-refractivity contribution in [1.29, 1.82) is 0 Å². The fourth-order valence-corrected chi connectivity index (χ4v) is 1.59. The number of aromatic carboxylic acids is 1. The first-order valence-corrected chi connectivity index (χ1v) is 5.63. The Morgan fingerprint density at radius 2 is 2.11 bits per heavy atom. The van der Waals surface area contributed by atoms with E-state index in [1.54, 1.807) is 17.0 Å². The Kier molecular flexibility index (Phi) is 4.65. The molecule has 1 rings (SSSR count). The molecule has 6 heteroatoms. The minimum atomic E-state index is -1.10. The first kappa shape index (κ1) is 14.0. The number of aromatic nitrogens is 1. The number of primary amides is 1. The molecule has 98 valence electrons. The lowest BCUT2D eigenvalue weighted by Crippen LogP contribution is -2.37. The third kappa shape index (κ3) is 4.04. The van der Waals surface area contributed by atoms with Crippen molar-refractivity contribution in [1.82, 2.24) is 4.98 Å². The Bertz CT molecular complexity index is 446. The van der Waals surface area contributed by atoms with Crippen LogP contribution in [0.15, 0.2) is 18.2 Å². The summed E-state index contributed by atoms with van der Waals surface area (Å²) in [6, 6.07) is 4.67. The lowest BCUT2D eigenvalue weighted by molar-refractivity contribution is -0.116. The van der Waals surface area contributed by atoms with Crippen LogP contribution in [-0.4, -0.2) is 35.1 Å². The van der Waals surface area contributed by atoms with Gasteiger partial charge in [-0.1, -0.05) is 19.9 Å². The Morgan fingerprint density at radius 3 is 2.61 bits per heavy atom. The van der Waals surface area contributed by atoms with E-state index in [1.807, 2.05) is 13.8 Å². The number of hydrogen-bond donors (Lipinski definition) is 2. The maximum Gasteiger partial charge on any atom is 0.354 e. The quantitative estimate of drug-likeness (QED) is 0.776. The highest BCUT2D eigenvalue weighted by atomic mass is 16.4. The largest absolute Gasteiger partial charge is 0.477 e. The van der Waals surface area contributed by atoms with Crippen LogP contribution in [0.5, 0.6) is 0 Å². The molecule has 0 atom stereocenters. The minimum absolute atomic E-state index is 0.0221. The Morgan fingerprint density at radius 1 is 1.44 bits per heavy atom. The van der Waals surface area contributed by atoms with Crippen LogP contribution in [-0.2, 0) is 4.79 Å². The van der Waals surface area contributed by atoms with Crippen LogP contribution in [0.3, 0.4) is 0 Å². The first-order chi connectivity index (χ1) is 8.40. The van der Waals surface area contributed by atoms with Crippen LogP contribution >= 0.6 is 0 Å².